The van der Waals surface area contributed by atoms with Crippen LogP contribution >= 0.6 is 11.6 Å². The van der Waals surface area contributed by atoms with Crippen LogP contribution in [0.2, 0.25) is 5.02 Å². The standard InChI is InChI=1S/C45H68ClNO5/c1-10-32-19-22-44(9)34-20-23-45(24-25-47(11-2)28-31-14-12-13-15-35(31)46)26-36(48)39(29(3)4)40(45)33(34)16-17-37(44)43(32,8)21-18-30(5)52-38(49)27-42(6,7)41(50)51/h12-15,29-30,32-34,37H,10-11,16-28H2,1-9H3,(H,50,51). The van der Waals surface area contributed by atoms with Crippen molar-refractivity contribution >= 4 is 29.3 Å². The number of ether oxygens (including phenoxy) is 1. The van der Waals surface area contributed by atoms with Crippen molar-refractivity contribution in [2.45, 2.75) is 152 Å². The van der Waals surface area contributed by atoms with Crippen molar-refractivity contribution < 1.29 is 24.2 Å². The van der Waals surface area contributed by atoms with Crippen LogP contribution in [0.3, 0.4) is 0 Å². The van der Waals surface area contributed by atoms with Gasteiger partial charge in [0, 0.05) is 23.4 Å². The number of fused-ring (bicyclic) bond motifs is 5. The number of esters is 1. The molecule has 1 aromatic rings. The summed E-state index contributed by atoms with van der Waals surface area (Å²) < 4.78 is 5.83. The first-order valence-electron chi connectivity index (χ1n) is 20.6. The van der Waals surface area contributed by atoms with Crippen molar-refractivity contribution in [1.82, 2.24) is 4.90 Å². The number of allylic oxidation sites excluding steroid dienone is 2. The Kier molecular flexibility index (Phi) is 12.5. The van der Waals surface area contributed by atoms with Gasteiger partial charge in [0.25, 0.3) is 0 Å². The first-order chi connectivity index (χ1) is 24.4. The van der Waals surface area contributed by atoms with Gasteiger partial charge in [0.2, 0.25) is 0 Å². The van der Waals surface area contributed by atoms with Gasteiger partial charge in [0.1, 0.15) is 0 Å². The Hall–Kier alpha value is -2.18. The number of rotatable bonds is 15. The van der Waals surface area contributed by atoms with E-state index in [0.29, 0.717) is 35.9 Å². The maximum absolute atomic E-state index is 14.0. The molecule has 0 aromatic heterocycles. The molecule has 3 fully saturated rings. The lowest BCUT2D eigenvalue weighted by Crippen LogP contribution is -2.57. The summed E-state index contributed by atoms with van der Waals surface area (Å²) in [7, 11) is 0. The SMILES string of the molecule is CCC1CCC2(C)C3CCC4(CCN(CC)Cc5ccccc5Cl)CC(=O)C(C(C)C)=C4C3CCC2C1(C)CCC(C)OC(=O)CC(C)(C)C(=O)O. The minimum absolute atomic E-state index is 0.0343. The van der Waals surface area contributed by atoms with Crippen molar-refractivity contribution in [3.8, 4) is 0 Å². The molecule has 0 radical (unpaired) electrons. The van der Waals surface area contributed by atoms with Gasteiger partial charge >= 0.3 is 11.9 Å². The monoisotopic (exact) mass is 737 g/mol. The third kappa shape index (κ3) is 7.81. The van der Waals surface area contributed by atoms with Gasteiger partial charge in [0.15, 0.2) is 5.78 Å². The summed E-state index contributed by atoms with van der Waals surface area (Å²) in [5.74, 6) is 1.47. The number of carboxylic acids is 1. The average molecular weight is 738 g/mol. The van der Waals surface area contributed by atoms with Crippen LogP contribution in [0.4, 0.5) is 0 Å². The summed E-state index contributed by atoms with van der Waals surface area (Å²) in [6.07, 6.45) is 11.4. The van der Waals surface area contributed by atoms with Gasteiger partial charge in [-0.15, -0.1) is 0 Å². The normalized spacial score (nSPS) is 32.4. The molecule has 8 unspecified atom stereocenters. The van der Waals surface area contributed by atoms with Crippen LogP contribution in [0.5, 0.6) is 0 Å². The topological polar surface area (TPSA) is 83.9 Å². The largest absolute Gasteiger partial charge is 0.481 e. The molecule has 3 saturated carbocycles. The van der Waals surface area contributed by atoms with E-state index in [1.54, 1.807) is 19.4 Å². The van der Waals surface area contributed by atoms with Crippen LogP contribution in [0, 0.1) is 51.2 Å². The zero-order chi connectivity index (χ0) is 38.2. The molecule has 5 rings (SSSR count). The molecule has 0 aliphatic heterocycles. The predicted molar refractivity (Wildman–Crippen MR) is 210 cm³/mol. The van der Waals surface area contributed by atoms with Gasteiger partial charge in [0.05, 0.1) is 17.9 Å². The molecule has 7 heteroatoms. The van der Waals surface area contributed by atoms with E-state index in [1.165, 1.54) is 31.2 Å². The van der Waals surface area contributed by atoms with Gasteiger partial charge in [-0.25, -0.2) is 0 Å². The Balaban J connectivity index is 1.36. The van der Waals surface area contributed by atoms with E-state index in [2.05, 4.69) is 58.6 Å². The van der Waals surface area contributed by atoms with Gasteiger partial charge in [-0.2, -0.15) is 0 Å². The number of carbonyl (C=O) groups is 3. The quantitative estimate of drug-likeness (QED) is 0.180. The molecule has 0 heterocycles. The van der Waals surface area contributed by atoms with Crippen molar-refractivity contribution in [3.05, 3.63) is 46.0 Å². The van der Waals surface area contributed by atoms with Crippen LogP contribution < -0.4 is 0 Å². The van der Waals surface area contributed by atoms with E-state index < -0.39 is 17.4 Å². The molecule has 6 nitrogen and oxygen atoms in total. The van der Waals surface area contributed by atoms with E-state index >= 15 is 0 Å². The summed E-state index contributed by atoms with van der Waals surface area (Å²) in [4.78, 5) is 40.9. The van der Waals surface area contributed by atoms with Gasteiger partial charge in [-0.3, -0.25) is 19.3 Å². The Morgan fingerprint density at radius 1 is 1.04 bits per heavy atom. The number of aliphatic carboxylic acids is 1. The molecule has 4 aliphatic carbocycles. The first kappa shape index (κ1) is 41.0. The minimum Gasteiger partial charge on any atom is -0.481 e. The zero-order valence-electron chi connectivity index (χ0n) is 33.8. The van der Waals surface area contributed by atoms with Gasteiger partial charge in [-0.1, -0.05) is 83.3 Å². The molecule has 0 amide bonds. The molecule has 0 spiro atoms. The van der Waals surface area contributed by atoms with E-state index in [1.807, 2.05) is 19.1 Å². The Bertz CT molecular complexity index is 1520. The molecule has 1 N–H and O–H groups in total. The highest BCUT2D eigenvalue weighted by molar-refractivity contribution is 6.31. The van der Waals surface area contributed by atoms with E-state index in [0.717, 1.165) is 68.8 Å². The number of ketones is 1. The fourth-order valence-corrected chi connectivity index (χ4v) is 12.3. The Morgan fingerprint density at radius 2 is 1.75 bits per heavy atom. The van der Waals surface area contributed by atoms with Crippen LogP contribution in [0.25, 0.3) is 0 Å². The summed E-state index contributed by atoms with van der Waals surface area (Å²) in [6.45, 7) is 22.1. The maximum Gasteiger partial charge on any atom is 0.309 e. The number of nitrogens with zero attached hydrogens (tertiary/aromatic N) is 1. The van der Waals surface area contributed by atoms with Crippen LogP contribution in [0.15, 0.2) is 35.4 Å². The van der Waals surface area contributed by atoms with Gasteiger partial charge in [-0.05, 0) is 149 Å². The highest BCUT2D eigenvalue weighted by Crippen LogP contribution is 2.71. The number of halogens is 1. The molecule has 8 atom stereocenters. The second-order valence-electron chi connectivity index (χ2n) is 18.8. The average Bonchev–Trinajstić information content (AvgIpc) is 3.38. The molecule has 4 aliphatic rings. The summed E-state index contributed by atoms with van der Waals surface area (Å²) in [6, 6.07) is 8.17. The van der Waals surface area contributed by atoms with Gasteiger partial charge < -0.3 is 9.84 Å². The number of carbonyl (C=O) groups excluding carboxylic acids is 2. The second kappa shape index (κ2) is 15.9. The number of Topliss-reactive ketones (excluding diaryl/α,β-unsaturated/α-hetero) is 1. The maximum atomic E-state index is 14.0. The number of hydrogen-bond acceptors (Lipinski definition) is 5. The number of benzene rings is 1. The third-order valence-corrected chi connectivity index (χ3v) is 15.4. The molecular weight excluding hydrogens is 670 g/mol. The molecule has 290 valence electrons. The smallest absolute Gasteiger partial charge is 0.309 e. The van der Waals surface area contributed by atoms with E-state index in [9.17, 15) is 19.5 Å². The molecule has 1 aromatic carbocycles. The van der Waals surface area contributed by atoms with Crippen molar-refractivity contribution in [1.29, 1.82) is 0 Å². The summed E-state index contributed by atoms with van der Waals surface area (Å²) >= 11 is 6.59. The molecule has 52 heavy (non-hydrogen) atoms. The highest BCUT2D eigenvalue weighted by atomic mass is 35.5. The number of hydrogen-bond donors (Lipinski definition) is 1. The molecule has 0 bridgehead atoms. The third-order valence-electron chi connectivity index (χ3n) is 15.0. The fraction of sp³-hybridized carbons (Fsp3) is 0.756. The fourth-order valence-electron chi connectivity index (χ4n) is 12.1. The second-order valence-corrected chi connectivity index (χ2v) is 19.2. The van der Waals surface area contributed by atoms with Crippen LogP contribution in [-0.4, -0.2) is 46.9 Å². The number of carboxylic acid groups (broad SMARTS) is 1. The Labute approximate surface area is 319 Å². The van der Waals surface area contributed by atoms with Crippen LogP contribution in [0.1, 0.15) is 145 Å². The summed E-state index contributed by atoms with van der Waals surface area (Å²) in [5.41, 5.74) is 3.04. The molecule has 0 saturated heterocycles. The predicted octanol–water partition coefficient (Wildman–Crippen LogP) is 10.9. The zero-order valence-corrected chi connectivity index (χ0v) is 34.5. The van der Waals surface area contributed by atoms with Crippen molar-refractivity contribution in [2.75, 3.05) is 13.1 Å². The Morgan fingerprint density at radius 3 is 2.38 bits per heavy atom. The minimum atomic E-state index is -1.14. The van der Waals surface area contributed by atoms with Crippen LogP contribution in [-0.2, 0) is 25.7 Å². The lowest BCUT2D eigenvalue weighted by Gasteiger charge is -2.65. The molecular formula is C45H68ClNO5. The van der Waals surface area contributed by atoms with Crippen molar-refractivity contribution in [3.63, 3.8) is 0 Å². The summed E-state index contributed by atoms with van der Waals surface area (Å²) in [5, 5.41) is 10.3. The first-order valence-corrected chi connectivity index (χ1v) is 21.0. The van der Waals surface area contributed by atoms with E-state index in [-0.39, 0.29) is 34.7 Å². The van der Waals surface area contributed by atoms with E-state index in [4.69, 9.17) is 16.3 Å². The lowest BCUT2D eigenvalue weighted by atomic mass is 9.39. The van der Waals surface area contributed by atoms with Crippen molar-refractivity contribution in [2.24, 2.45) is 51.2 Å². The highest BCUT2D eigenvalue weighted by Gasteiger charge is 2.63. The lowest BCUT2D eigenvalue weighted by molar-refractivity contribution is -0.161.